The van der Waals surface area contributed by atoms with Gasteiger partial charge in [-0.2, -0.15) is 0 Å². The number of amides is 2. The van der Waals surface area contributed by atoms with E-state index in [1.165, 1.54) is 0 Å². The third-order valence-corrected chi connectivity index (χ3v) is 3.76. The Bertz CT molecular complexity index is 485. The van der Waals surface area contributed by atoms with Crippen molar-refractivity contribution in [1.29, 1.82) is 0 Å². The highest BCUT2D eigenvalue weighted by atomic mass is 16.5. The molecule has 1 N–H and O–H groups in total. The summed E-state index contributed by atoms with van der Waals surface area (Å²) in [6.07, 6.45) is 6.27. The number of hydrogen-bond acceptors (Lipinski definition) is 4. The molecule has 0 aliphatic carbocycles. The van der Waals surface area contributed by atoms with Gasteiger partial charge in [0.15, 0.2) is 0 Å². The summed E-state index contributed by atoms with van der Waals surface area (Å²) in [5.41, 5.74) is 0.653. The number of hydrogen-bond donors (Lipinski definition) is 1. The second-order valence-corrected chi connectivity index (χ2v) is 5.44. The first-order valence-electron chi connectivity index (χ1n) is 7.83. The first-order chi connectivity index (χ1) is 10.7. The maximum atomic E-state index is 12.3. The van der Waals surface area contributed by atoms with E-state index in [0.717, 1.165) is 25.7 Å². The molecule has 1 aliphatic heterocycles. The molecule has 2 rings (SSSR count). The highest BCUT2D eigenvalue weighted by molar-refractivity contribution is 5.94. The summed E-state index contributed by atoms with van der Waals surface area (Å²) in [5.74, 6) is 0.0198. The van der Waals surface area contributed by atoms with Gasteiger partial charge in [-0.05, 0) is 31.4 Å². The minimum atomic E-state index is -0.354. The molecule has 0 radical (unpaired) electrons. The van der Waals surface area contributed by atoms with Gasteiger partial charge in [-0.15, -0.1) is 0 Å². The lowest BCUT2D eigenvalue weighted by Crippen LogP contribution is -2.46. The molecule has 1 saturated heterocycles. The van der Waals surface area contributed by atoms with E-state index in [1.54, 1.807) is 24.5 Å². The summed E-state index contributed by atoms with van der Waals surface area (Å²) in [5, 5.41) is 2.87. The molecule has 0 aromatic carbocycles. The lowest BCUT2D eigenvalue weighted by molar-refractivity contribution is 0.0701. The van der Waals surface area contributed by atoms with Gasteiger partial charge in [0.1, 0.15) is 0 Å². The zero-order valence-electron chi connectivity index (χ0n) is 13.0. The minimum absolute atomic E-state index is 0.0198. The molecular formula is C16H23N3O3. The number of pyridine rings is 1. The van der Waals surface area contributed by atoms with E-state index in [2.05, 4.69) is 17.2 Å². The van der Waals surface area contributed by atoms with Crippen LogP contribution < -0.4 is 5.32 Å². The molecular weight excluding hydrogens is 282 g/mol. The Morgan fingerprint density at radius 1 is 1.32 bits per heavy atom. The minimum Gasteiger partial charge on any atom is -0.450 e. The van der Waals surface area contributed by atoms with Crippen molar-refractivity contribution in [2.45, 2.75) is 38.6 Å². The molecule has 120 valence electrons. The van der Waals surface area contributed by atoms with Crippen molar-refractivity contribution in [3.63, 3.8) is 0 Å². The summed E-state index contributed by atoms with van der Waals surface area (Å²) in [6.45, 7) is 3.79. The fourth-order valence-corrected chi connectivity index (χ4v) is 2.42. The number of ether oxygens (including phenoxy) is 1. The van der Waals surface area contributed by atoms with Crippen LogP contribution in [0.15, 0.2) is 24.5 Å². The van der Waals surface area contributed by atoms with Crippen LogP contribution in [0.3, 0.4) is 0 Å². The van der Waals surface area contributed by atoms with Crippen LogP contribution in [0.25, 0.3) is 0 Å². The number of carbonyl (C=O) groups is 2. The molecule has 1 aromatic heterocycles. The van der Waals surface area contributed by atoms with Crippen molar-refractivity contribution in [1.82, 2.24) is 15.2 Å². The van der Waals surface area contributed by atoms with E-state index >= 15 is 0 Å². The smallest absolute Gasteiger partial charge is 0.407 e. The summed E-state index contributed by atoms with van der Waals surface area (Å²) in [6, 6.07) is 3.52. The van der Waals surface area contributed by atoms with Crippen molar-refractivity contribution in [3.05, 3.63) is 30.1 Å². The van der Waals surface area contributed by atoms with E-state index in [1.807, 2.05) is 4.90 Å². The van der Waals surface area contributed by atoms with Crippen LogP contribution in [0.5, 0.6) is 0 Å². The summed E-state index contributed by atoms with van der Waals surface area (Å²) >= 11 is 0. The first-order valence-corrected chi connectivity index (χ1v) is 7.83. The molecule has 0 bridgehead atoms. The van der Waals surface area contributed by atoms with E-state index in [4.69, 9.17) is 4.74 Å². The van der Waals surface area contributed by atoms with Gasteiger partial charge in [0.05, 0.1) is 6.61 Å². The van der Waals surface area contributed by atoms with Crippen molar-refractivity contribution >= 4 is 12.0 Å². The Kier molecular flexibility index (Phi) is 6.18. The molecule has 6 nitrogen and oxygen atoms in total. The van der Waals surface area contributed by atoms with Gasteiger partial charge >= 0.3 is 6.09 Å². The van der Waals surface area contributed by atoms with E-state index < -0.39 is 0 Å². The van der Waals surface area contributed by atoms with Gasteiger partial charge in [0, 0.05) is 37.1 Å². The average Bonchev–Trinajstić information content (AvgIpc) is 2.56. The summed E-state index contributed by atoms with van der Waals surface area (Å²) in [7, 11) is 0. The third kappa shape index (κ3) is 4.72. The molecule has 0 spiro atoms. The van der Waals surface area contributed by atoms with Crippen LogP contribution in [0.2, 0.25) is 0 Å². The van der Waals surface area contributed by atoms with Crippen molar-refractivity contribution in [2.24, 2.45) is 0 Å². The monoisotopic (exact) mass is 305 g/mol. The number of likely N-dealkylation sites (tertiary alicyclic amines) is 1. The number of rotatable bonds is 5. The second kappa shape index (κ2) is 8.36. The van der Waals surface area contributed by atoms with Gasteiger partial charge in [-0.1, -0.05) is 13.3 Å². The van der Waals surface area contributed by atoms with Crippen LogP contribution in [0.1, 0.15) is 43.0 Å². The predicted octanol–water partition coefficient (Wildman–Crippen LogP) is 2.21. The number of alkyl carbamates (subject to hydrolysis) is 1. The number of nitrogens with zero attached hydrogens (tertiary/aromatic N) is 2. The quantitative estimate of drug-likeness (QED) is 0.847. The molecule has 0 atom stereocenters. The van der Waals surface area contributed by atoms with Gasteiger partial charge in [-0.25, -0.2) is 4.79 Å². The Balaban J connectivity index is 1.74. The highest BCUT2D eigenvalue weighted by Crippen LogP contribution is 2.13. The molecule has 22 heavy (non-hydrogen) atoms. The maximum absolute atomic E-state index is 12.3. The summed E-state index contributed by atoms with van der Waals surface area (Å²) < 4.78 is 5.09. The second-order valence-electron chi connectivity index (χ2n) is 5.44. The van der Waals surface area contributed by atoms with Crippen LogP contribution in [0, 0.1) is 0 Å². The SMILES string of the molecule is CCCCOC(=O)NC1CCN(C(=O)c2ccncc2)CC1. The van der Waals surface area contributed by atoms with Crippen molar-refractivity contribution < 1.29 is 14.3 Å². The Labute approximate surface area is 130 Å². The lowest BCUT2D eigenvalue weighted by atomic mass is 10.0. The van der Waals surface area contributed by atoms with Crippen LogP contribution in [0.4, 0.5) is 4.79 Å². The van der Waals surface area contributed by atoms with Crippen LogP contribution in [-0.4, -0.2) is 47.6 Å². The zero-order chi connectivity index (χ0) is 15.8. The number of nitrogens with one attached hydrogen (secondary N) is 1. The lowest BCUT2D eigenvalue weighted by Gasteiger charge is -2.32. The van der Waals surface area contributed by atoms with E-state index in [-0.39, 0.29) is 18.0 Å². The molecule has 1 aromatic rings. The predicted molar refractivity (Wildman–Crippen MR) is 82.6 cm³/mol. The number of carbonyl (C=O) groups excluding carboxylic acids is 2. The van der Waals surface area contributed by atoms with Gasteiger partial charge in [0.2, 0.25) is 0 Å². The van der Waals surface area contributed by atoms with Crippen molar-refractivity contribution in [3.8, 4) is 0 Å². The third-order valence-electron chi connectivity index (χ3n) is 3.76. The summed E-state index contributed by atoms with van der Waals surface area (Å²) in [4.78, 5) is 29.6. The Hall–Kier alpha value is -2.11. The molecule has 6 heteroatoms. The normalized spacial score (nSPS) is 15.4. The number of piperidine rings is 1. The van der Waals surface area contributed by atoms with Crippen LogP contribution in [-0.2, 0) is 4.74 Å². The van der Waals surface area contributed by atoms with Gasteiger partial charge in [0.25, 0.3) is 5.91 Å². The van der Waals surface area contributed by atoms with Gasteiger partial charge < -0.3 is 15.0 Å². The zero-order valence-corrected chi connectivity index (χ0v) is 13.0. The fourth-order valence-electron chi connectivity index (χ4n) is 2.42. The topological polar surface area (TPSA) is 71.5 Å². The molecule has 2 heterocycles. The maximum Gasteiger partial charge on any atom is 0.407 e. The number of unbranched alkanes of at least 4 members (excludes halogenated alkanes) is 1. The molecule has 0 saturated carbocycles. The molecule has 1 aliphatic rings. The fraction of sp³-hybridized carbons (Fsp3) is 0.562. The average molecular weight is 305 g/mol. The highest BCUT2D eigenvalue weighted by Gasteiger charge is 2.24. The van der Waals surface area contributed by atoms with Gasteiger partial charge in [-0.3, -0.25) is 9.78 Å². The molecule has 0 unspecified atom stereocenters. The van der Waals surface area contributed by atoms with Crippen LogP contribution >= 0.6 is 0 Å². The molecule has 1 fully saturated rings. The standard InChI is InChI=1S/C16H23N3O3/c1-2-3-12-22-16(21)18-14-6-10-19(11-7-14)15(20)13-4-8-17-9-5-13/h4-5,8-9,14H,2-3,6-7,10-12H2,1H3,(H,18,21). The Morgan fingerprint density at radius 2 is 2.00 bits per heavy atom. The first kappa shape index (κ1) is 16.3. The Morgan fingerprint density at radius 3 is 2.64 bits per heavy atom. The van der Waals surface area contributed by atoms with E-state index in [9.17, 15) is 9.59 Å². The number of aromatic nitrogens is 1. The largest absolute Gasteiger partial charge is 0.450 e. The van der Waals surface area contributed by atoms with Crippen molar-refractivity contribution in [2.75, 3.05) is 19.7 Å². The molecule has 2 amide bonds. The van der Waals surface area contributed by atoms with E-state index in [0.29, 0.717) is 25.3 Å².